The highest BCUT2D eigenvalue weighted by Crippen LogP contribution is 2.29. The first kappa shape index (κ1) is 39.6. The second kappa shape index (κ2) is 17.9. The third kappa shape index (κ3) is 9.29. The van der Waals surface area contributed by atoms with E-state index in [1.165, 1.54) is 18.2 Å². The summed E-state index contributed by atoms with van der Waals surface area (Å²) in [6, 6.07) is 16.3. The van der Waals surface area contributed by atoms with Crippen molar-refractivity contribution in [2.75, 3.05) is 19.8 Å². The Kier molecular flexibility index (Phi) is 13.7. The van der Waals surface area contributed by atoms with Gasteiger partial charge in [-0.25, -0.2) is 4.79 Å². The van der Waals surface area contributed by atoms with Crippen molar-refractivity contribution in [2.24, 2.45) is 0 Å². The zero-order valence-corrected chi connectivity index (χ0v) is 27.4. The number of carbonyl (C=O) groups excluding carboxylic acids is 1. The molecule has 52 heavy (non-hydrogen) atoms. The highest BCUT2D eigenvalue weighted by Gasteiger charge is 2.47. The number of nitrogens with zero attached hydrogens (tertiary/aromatic N) is 1. The molecule has 0 bridgehead atoms. The van der Waals surface area contributed by atoms with Gasteiger partial charge in [0, 0.05) is 6.08 Å². The molecule has 9 N–H and O–H groups in total. The zero-order chi connectivity index (χ0) is 37.5. The van der Waals surface area contributed by atoms with E-state index in [1.54, 1.807) is 42.5 Å². The lowest BCUT2D eigenvalue weighted by Crippen LogP contribution is -2.60. The van der Waals surface area contributed by atoms with Gasteiger partial charge in [-0.2, -0.15) is 5.26 Å². The SMILES string of the molecule is N#CC(O[C@@H]1O[C@H](CO[C@@H]2OC[C@@H](OC(=O)/C=C/c3ccc(OC4O[C@H](CO)[C@@H](O)[C@H](O)[C@H]4O)cc3)[C@H](O)[C@H]2O)[C@@H](O)[C@H](O)[C@H]1O)c1ccccc1. The molecule has 0 saturated carbocycles. The van der Waals surface area contributed by atoms with E-state index in [0.29, 0.717) is 11.1 Å². The van der Waals surface area contributed by atoms with Crippen molar-refractivity contribution < 1.29 is 83.9 Å². The molecular weight excluding hydrogens is 694 g/mol. The Hall–Kier alpha value is -3.62. The van der Waals surface area contributed by atoms with Gasteiger partial charge in [-0.05, 0) is 29.3 Å². The summed E-state index contributed by atoms with van der Waals surface area (Å²) in [5, 5.41) is 101. The standard InChI is InChI=1S/C34H41NO17/c35-12-19(17-4-2-1-3-5-17)50-34-31(45)28(42)25(39)22(52-34)15-47-32-29(43)26(40)21(14-46-32)49-23(37)11-8-16-6-9-18(10-7-16)48-33-30(44)27(41)24(38)20(13-36)51-33/h1-11,19-22,24-34,36,38-45H,13-15H2/b11-8+/t19?,20-,21-,22-,24-,25-,26+,27+,28+,29-,30-,31-,32+,33?,34-/m1/s1. The lowest BCUT2D eigenvalue weighted by molar-refractivity contribution is -0.325. The van der Waals surface area contributed by atoms with Crippen molar-refractivity contribution in [1.82, 2.24) is 0 Å². The van der Waals surface area contributed by atoms with Gasteiger partial charge < -0.3 is 79.1 Å². The second-order valence-electron chi connectivity index (χ2n) is 12.3. The fourth-order valence-electron chi connectivity index (χ4n) is 5.63. The minimum atomic E-state index is -1.75. The molecular formula is C34H41NO17. The fourth-order valence-corrected chi connectivity index (χ4v) is 5.63. The van der Waals surface area contributed by atoms with E-state index in [1.807, 2.05) is 6.07 Å². The molecule has 2 aromatic carbocycles. The third-order valence-corrected chi connectivity index (χ3v) is 8.68. The molecule has 3 saturated heterocycles. The number of nitriles is 1. The number of aliphatic hydroxyl groups is 9. The van der Waals surface area contributed by atoms with Crippen LogP contribution < -0.4 is 4.74 Å². The number of hydrogen-bond donors (Lipinski definition) is 9. The average molecular weight is 736 g/mol. The van der Waals surface area contributed by atoms with Crippen LogP contribution in [0.15, 0.2) is 60.7 Å². The molecule has 3 aliphatic heterocycles. The molecule has 5 rings (SSSR count). The minimum Gasteiger partial charge on any atom is -0.462 e. The largest absolute Gasteiger partial charge is 0.462 e. The lowest BCUT2D eigenvalue weighted by atomic mass is 9.99. The molecule has 18 heteroatoms. The number of rotatable bonds is 12. The van der Waals surface area contributed by atoms with E-state index >= 15 is 0 Å². The molecule has 0 spiro atoms. The summed E-state index contributed by atoms with van der Waals surface area (Å²) in [4.78, 5) is 12.5. The number of aliphatic hydroxyl groups excluding tert-OH is 9. The number of esters is 1. The predicted molar refractivity (Wildman–Crippen MR) is 170 cm³/mol. The Labute approximate surface area is 296 Å². The Morgan fingerprint density at radius 1 is 0.788 bits per heavy atom. The van der Waals surface area contributed by atoms with Crippen molar-refractivity contribution in [3.8, 4) is 11.8 Å². The monoisotopic (exact) mass is 735 g/mol. The molecule has 3 heterocycles. The molecule has 284 valence electrons. The maximum Gasteiger partial charge on any atom is 0.331 e. The van der Waals surface area contributed by atoms with Crippen molar-refractivity contribution >= 4 is 12.0 Å². The Morgan fingerprint density at radius 3 is 2.06 bits per heavy atom. The van der Waals surface area contributed by atoms with E-state index in [-0.39, 0.29) is 5.75 Å². The van der Waals surface area contributed by atoms with E-state index in [4.69, 9.17) is 33.2 Å². The second-order valence-corrected chi connectivity index (χ2v) is 12.3. The first-order valence-corrected chi connectivity index (χ1v) is 16.3. The summed E-state index contributed by atoms with van der Waals surface area (Å²) in [7, 11) is 0. The maximum atomic E-state index is 12.5. The maximum absolute atomic E-state index is 12.5. The first-order chi connectivity index (χ1) is 24.9. The smallest absolute Gasteiger partial charge is 0.331 e. The van der Waals surface area contributed by atoms with Gasteiger partial charge in [-0.15, -0.1) is 0 Å². The highest BCUT2D eigenvalue weighted by atomic mass is 16.7. The Balaban J connectivity index is 1.09. The van der Waals surface area contributed by atoms with Gasteiger partial charge in [0.25, 0.3) is 0 Å². The van der Waals surface area contributed by atoms with Gasteiger partial charge in [0.05, 0.1) is 25.9 Å². The van der Waals surface area contributed by atoms with Crippen LogP contribution in [0.3, 0.4) is 0 Å². The van der Waals surface area contributed by atoms with Crippen molar-refractivity contribution in [2.45, 2.75) is 92.1 Å². The molecule has 18 nitrogen and oxygen atoms in total. The van der Waals surface area contributed by atoms with E-state index in [2.05, 4.69) is 0 Å². The molecule has 3 fully saturated rings. The molecule has 0 aliphatic carbocycles. The van der Waals surface area contributed by atoms with Crippen LogP contribution in [-0.4, -0.2) is 158 Å². The number of hydrogen-bond acceptors (Lipinski definition) is 18. The van der Waals surface area contributed by atoms with Crippen LogP contribution in [-0.2, 0) is 33.2 Å². The van der Waals surface area contributed by atoms with E-state index in [9.17, 15) is 56.0 Å². The third-order valence-electron chi connectivity index (χ3n) is 8.68. The van der Waals surface area contributed by atoms with Crippen LogP contribution in [0.4, 0.5) is 0 Å². The normalized spacial score (nSPS) is 37.2. The summed E-state index contributed by atoms with van der Waals surface area (Å²) in [6.45, 7) is -1.52. The molecule has 0 amide bonds. The van der Waals surface area contributed by atoms with Crippen molar-refractivity contribution in [3.63, 3.8) is 0 Å². The van der Waals surface area contributed by atoms with Crippen LogP contribution >= 0.6 is 0 Å². The number of ether oxygens (including phenoxy) is 7. The van der Waals surface area contributed by atoms with Crippen molar-refractivity contribution in [3.05, 3.63) is 71.8 Å². The molecule has 2 unspecified atom stereocenters. The summed E-state index contributed by atoms with van der Waals surface area (Å²) in [5.41, 5.74) is 0.970. The predicted octanol–water partition coefficient (Wildman–Crippen LogP) is -3.03. The first-order valence-electron chi connectivity index (χ1n) is 16.3. The number of benzene rings is 2. The molecule has 0 radical (unpaired) electrons. The van der Waals surface area contributed by atoms with Crippen LogP contribution in [0.2, 0.25) is 0 Å². The number of carbonyl (C=O) groups is 1. The molecule has 3 aliphatic rings. The lowest BCUT2D eigenvalue weighted by Gasteiger charge is -2.42. The highest BCUT2D eigenvalue weighted by molar-refractivity contribution is 5.87. The fraction of sp³-hybridized carbons (Fsp3) is 0.529. The van der Waals surface area contributed by atoms with Crippen LogP contribution in [0.5, 0.6) is 5.75 Å². The Bertz CT molecular complexity index is 1510. The van der Waals surface area contributed by atoms with Gasteiger partial charge in [-0.3, -0.25) is 0 Å². The average Bonchev–Trinajstić information content (AvgIpc) is 3.16. The topological polar surface area (TPSA) is 288 Å². The molecule has 0 aromatic heterocycles. The zero-order valence-electron chi connectivity index (χ0n) is 27.4. The van der Waals surface area contributed by atoms with Gasteiger partial charge in [0.15, 0.2) is 24.8 Å². The van der Waals surface area contributed by atoms with E-state index in [0.717, 1.165) is 6.08 Å². The van der Waals surface area contributed by atoms with Gasteiger partial charge in [-0.1, -0.05) is 42.5 Å². The van der Waals surface area contributed by atoms with Gasteiger partial charge in [0.1, 0.15) is 66.8 Å². The summed E-state index contributed by atoms with van der Waals surface area (Å²) < 4.78 is 38.2. The van der Waals surface area contributed by atoms with Gasteiger partial charge >= 0.3 is 5.97 Å². The molecule has 15 atom stereocenters. The molecule has 2 aromatic rings. The summed E-state index contributed by atoms with van der Waals surface area (Å²) in [5.74, 6) is -0.677. The summed E-state index contributed by atoms with van der Waals surface area (Å²) >= 11 is 0. The van der Waals surface area contributed by atoms with E-state index < -0.39 is 118 Å². The summed E-state index contributed by atoms with van der Waals surface area (Å²) in [6.07, 6.45) is -20.1. The van der Waals surface area contributed by atoms with Gasteiger partial charge in [0.2, 0.25) is 6.29 Å². The van der Waals surface area contributed by atoms with Crippen LogP contribution in [0, 0.1) is 11.3 Å². The minimum absolute atomic E-state index is 0.208. The Morgan fingerprint density at radius 2 is 1.40 bits per heavy atom. The van der Waals surface area contributed by atoms with Crippen molar-refractivity contribution in [1.29, 1.82) is 5.26 Å². The quantitative estimate of drug-likeness (QED) is 0.0774. The van der Waals surface area contributed by atoms with Crippen LogP contribution in [0.25, 0.3) is 6.08 Å². The van der Waals surface area contributed by atoms with Crippen LogP contribution in [0.1, 0.15) is 17.2 Å².